The van der Waals surface area contributed by atoms with E-state index in [4.69, 9.17) is 18.9 Å². The molecule has 2 aliphatic rings. The van der Waals surface area contributed by atoms with Gasteiger partial charge in [0, 0.05) is 10.8 Å². The molecule has 7 rings (SSSR count). The van der Waals surface area contributed by atoms with Crippen molar-refractivity contribution in [2.45, 2.75) is 12.2 Å². The average molecular weight is 475 g/mol. The van der Waals surface area contributed by atoms with Crippen LogP contribution in [0.1, 0.15) is 0 Å². The van der Waals surface area contributed by atoms with Crippen molar-refractivity contribution in [3.05, 3.63) is 97.1 Å². The van der Waals surface area contributed by atoms with Crippen LogP contribution in [0, 0.1) is 0 Å². The van der Waals surface area contributed by atoms with Gasteiger partial charge in [-0.15, -0.1) is 0 Å². The van der Waals surface area contributed by atoms with Crippen LogP contribution in [-0.2, 0) is 9.47 Å². The molecule has 4 heteroatoms. The molecule has 0 bridgehead atoms. The Balaban J connectivity index is 1.28. The van der Waals surface area contributed by atoms with Crippen LogP contribution in [0.25, 0.3) is 43.8 Å². The first-order valence-corrected chi connectivity index (χ1v) is 12.5. The molecule has 2 atom stereocenters. The zero-order valence-electron chi connectivity index (χ0n) is 19.9. The van der Waals surface area contributed by atoms with Crippen LogP contribution >= 0.6 is 0 Å². The number of epoxide rings is 2. The predicted molar refractivity (Wildman–Crippen MR) is 143 cm³/mol. The van der Waals surface area contributed by atoms with Crippen LogP contribution < -0.4 is 9.47 Å². The molecule has 0 aromatic heterocycles. The van der Waals surface area contributed by atoms with Crippen molar-refractivity contribution in [3.63, 3.8) is 0 Å². The largest absolute Gasteiger partial charge is 0.490 e. The van der Waals surface area contributed by atoms with Gasteiger partial charge < -0.3 is 18.9 Å². The number of ether oxygens (including phenoxy) is 4. The van der Waals surface area contributed by atoms with Crippen molar-refractivity contribution in [1.82, 2.24) is 0 Å². The lowest BCUT2D eigenvalue weighted by atomic mass is 9.93. The lowest BCUT2D eigenvalue weighted by Crippen LogP contribution is -2.04. The van der Waals surface area contributed by atoms with Gasteiger partial charge in [-0.3, -0.25) is 0 Å². The molecule has 5 aromatic rings. The highest BCUT2D eigenvalue weighted by Gasteiger charge is 2.24. The molecular weight excluding hydrogens is 448 g/mol. The molecule has 0 N–H and O–H groups in total. The maximum Gasteiger partial charge on any atom is 0.127 e. The topological polar surface area (TPSA) is 43.5 Å². The van der Waals surface area contributed by atoms with E-state index in [1.54, 1.807) is 0 Å². The highest BCUT2D eigenvalue weighted by Crippen LogP contribution is 2.39. The summed E-state index contributed by atoms with van der Waals surface area (Å²) in [7, 11) is 0. The fraction of sp³-hybridized carbons (Fsp3) is 0.188. The van der Waals surface area contributed by atoms with Crippen molar-refractivity contribution in [2.24, 2.45) is 0 Å². The van der Waals surface area contributed by atoms with Gasteiger partial charge in [0.25, 0.3) is 0 Å². The van der Waals surface area contributed by atoms with E-state index in [-0.39, 0.29) is 12.2 Å². The summed E-state index contributed by atoms with van der Waals surface area (Å²) in [4.78, 5) is 0. The molecule has 0 aliphatic carbocycles. The molecule has 2 saturated heterocycles. The van der Waals surface area contributed by atoms with E-state index >= 15 is 0 Å². The molecule has 0 saturated carbocycles. The van der Waals surface area contributed by atoms with Crippen molar-refractivity contribution >= 4 is 21.5 Å². The first-order valence-electron chi connectivity index (χ1n) is 12.5. The molecule has 2 unspecified atom stereocenters. The Morgan fingerprint density at radius 2 is 0.972 bits per heavy atom. The van der Waals surface area contributed by atoms with Gasteiger partial charge in [0.05, 0.1) is 13.2 Å². The van der Waals surface area contributed by atoms with E-state index in [0.29, 0.717) is 13.2 Å². The van der Waals surface area contributed by atoms with Gasteiger partial charge in [-0.2, -0.15) is 0 Å². The number of rotatable bonds is 8. The van der Waals surface area contributed by atoms with Crippen LogP contribution in [-0.4, -0.2) is 38.6 Å². The zero-order chi connectivity index (χ0) is 23.9. The Bertz CT molecular complexity index is 1450. The van der Waals surface area contributed by atoms with Gasteiger partial charge in [-0.1, -0.05) is 78.9 Å². The normalized spacial score (nSPS) is 18.3. The van der Waals surface area contributed by atoms with Gasteiger partial charge >= 0.3 is 0 Å². The third kappa shape index (κ3) is 4.19. The minimum absolute atomic E-state index is 0.230. The summed E-state index contributed by atoms with van der Waals surface area (Å²) < 4.78 is 22.8. The predicted octanol–water partition coefficient (Wildman–Crippen LogP) is 6.88. The standard InChI is InChI=1S/C32H26O4/c1-3-10-29-27(8-1)25(12-14-31(29)35-19-23-17-33-23)21-6-5-7-22(16-21)26-13-15-32(36-20-24-18-34-24)30-11-4-2-9-28(26)30/h1-16,23-24H,17-20H2. The highest BCUT2D eigenvalue weighted by atomic mass is 16.6. The van der Waals surface area contributed by atoms with E-state index in [9.17, 15) is 0 Å². The number of fused-ring (bicyclic) bond motifs is 2. The van der Waals surface area contributed by atoms with Crippen molar-refractivity contribution in [2.75, 3.05) is 26.4 Å². The smallest absolute Gasteiger partial charge is 0.127 e. The monoisotopic (exact) mass is 474 g/mol. The zero-order valence-corrected chi connectivity index (χ0v) is 19.9. The summed E-state index contributed by atoms with van der Waals surface area (Å²) in [6.45, 7) is 2.78. The van der Waals surface area contributed by atoms with E-state index in [2.05, 4.69) is 97.1 Å². The maximum absolute atomic E-state index is 6.08. The highest BCUT2D eigenvalue weighted by molar-refractivity contribution is 6.03. The molecule has 2 aliphatic heterocycles. The Labute approximate surface area is 210 Å². The summed E-state index contributed by atoms with van der Waals surface area (Å²) in [6.07, 6.45) is 0.461. The molecule has 2 heterocycles. The van der Waals surface area contributed by atoms with Crippen molar-refractivity contribution < 1.29 is 18.9 Å². The second-order valence-corrected chi connectivity index (χ2v) is 9.43. The SMILES string of the molecule is c1cc(-c2ccc(OCC3CO3)c3ccccc23)cc(-c2ccc(OCC3CO3)c3ccccc23)c1. The number of hydrogen-bond donors (Lipinski definition) is 0. The minimum Gasteiger partial charge on any atom is -0.490 e. The molecule has 0 radical (unpaired) electrons. The van der Waals surface area contributed by atoms with Crippen LogP contribution in [0.15, 0.2) is 97.1 Å². The van der Waals surface area contributed by atoms with Gasteiger partial charge in [0.15, 0.2) is 0 Å². The van der Waals surface area contributed by atoms with Gasteiger partial charge in [0.2, 0.25) is 0 Å². The molecular formula is C32H26O4. The van der Waals surface area contributed by atoms with Gasteiger partial charge in [0.1, 0.15) is 36.9 Å². The van der Waals surface area contributed by atoms with E-state index < -0.39 is 0 Å². The summed E-state index contributed by atoms with van der Waals surface area (Å²) in [6, 6.07) is 34.2. The first kappa shape index (κ1) is 21.4. The Morgan fingerprint density at radius 1 is 0.528 bits per heavy atom. The average Bonchev–Trinajstić information content (AvgIpc) is 3.86. The molecule has 4 nitrogen and oxygen atoms in total. The first-order chi connectivity index (χ1) is 17.8. The van der Waals surface area contributed by atoms with Crippen LogP contribution in [0.5, 0.6) is 11.5 Å². The summed E-state index contributed by atoms with van der Waals surface area (Å²) in [5, 5.41) is 4.60. The molecule has 5 aromatic carbocycles. The number of hydrogen-bond acceptors (Lipinski definition) is 4. The molecule has 2 fully saturated rings. The lowest BCUT2D eigenvalue weighted by Gasteiger charge is -2.15. The van der Waals surface area contributed by atoms with E-state index in [1.165, 1.54) is 33.0 Å². The maximum atomic E-state index is 6.08. The number of benzene rings is 5. The quantitative estimate of drug-likeness (QED) is 0.230. The van der Waals surface area contributed by atoms with E-state index in [0.717, 1.165) is 35.5 Å². The Kier molecular flexibility index (Phi) is 5.34. The van der Waals surface area contributed by atoms with Gasteiger partial charge in [-0.25, -0.2) is 0 Å². The van der Waals surface area contributed by atoms with Crippen LogP contribution in [0.4, 0.5) is 0 Å². The Morgan fingerprint density at radius 3 is 1.42 bits per heavy atom. The summed E-state index contributed by atoms with van der Waals surface area (Å²) in [5.41, 5.74) is 4.74. The van der Waals surface area contributed by atoms with Crippen LogP contribution in [0.2, 0.25) is 0 Å². The summed E-state index contributed by atoms with van der Waals surface area (Å²) >= 11 is 0. The summed E-state index contributed by atoms with van der Waals surface area (Å²) in [5.74, 6) is 1.80. The van der Waals surface area contributed by atoms with Gasteiger partial charge in [-0.05, 0) is 51.2 Å². The molecule has 0 amide bonds. The second-order valence-electron chi connectivity index (χ2n) is 9.43. The lowest BCUT2D eigenvalue weighted by molar-refractivity contribution is 0.265. The Hall–Kier alpha value is -3.86. The fourth-order valence-corrected chi connectivity index (χ4v) is 4.85. The van der Waals surface area contributed by atoms with Crippen molar-refractivity contribution in [3.8, 4) is 33.8 Å². The second kappa shape index (κ2) is 8.98. The molecule has 36 heavy (non-hydrogen) atoms. The van der Waals surface area contributed by atoms with Crippen LogP contribution in [0.3, 0.4) is 0 Å². The fourth-order valence-electron chi connectivity index (χ4n) is 4.85. The third-order valence-electron chi connectivity index (χ3n) is 6.91. The third-order valence-corrected chi connectivity index (χ3v) is 6.91. The minimum atomic E-state index is 0.230. The molecule has 178 valence electrons. The molecule has 0 spiro atoms. The van der Waals surface area contributed by atoms with E-state index in [1.807, 2.05) is 0 Å². The van der Waals surface area contributed by atoms with Crippen molar-refractivity contribution in [1.29, 1.82) is 0 Å².